The molecule has 0 atom stereocenters. The molecule has 2 aromatic rings. The van der Waals surface area contributed by atoms with Gasteiger partial charge in [0.05, 0.1) is 12.2 Å². The van der Waals surface area contributed by atoms with E-state index >= 15 is 0 Å². The average Bonchev–Trinajstić information content (AvgIpc) is 3.08. The number of hydrogen-bond acceptors (Lipinski definition) is 5. The lowest BCUT2D eigenvalue weighted by Gasteiger charge is -2.07. The molecule has 1 aliphatic rings. The highest BCUT2D eigenvalue weighted by Gasteiger charge is 2.32. The van der Waals surface area contributed by atoms with Crippen LogP contribution in [0.3, 0.4) is 0 Å². The molecule has 2 aromatic heterocycles. The largest absolute Gasteiger partial charge is 0.462 e. The summed E-state index contributed by atoms with van der Waals surface area (Å²) in [7, 11) is 0. The monoisotopic (exact) mass is 347 g/mol. The second-order valence-corrected chi connectivity index (χ2v) is 7.09. The van der Waals surface area contributed by atoms with Crippen LogP contribution in [0.4, 0.5) is 5.00 Å². The van der Waals surface area contributed by atoms with Crippen LogP contribution in [-0.4, -0.2) is 18.5 Å². The second kappa shape index (κ2) is 7.10. The predicted octanol–water partition coefficient (Wildman–Crippen LogP) is 4.52. The van der Waals surface area contributed by atoms with Gasteiger partial charge < -0.3 is 10.1 Å². The van der Waals surface area contributed by atoms with Gasteiger partial charge in [0, 0.05) is 11.0 Å². The third-order valence-corrected chi connectivity index (χ3v) is 5.25. The van der Waals surface area contributed by atoms with E-state index < -0.39 is 0 Å². The molecule has 0 saturated heterocycles. The molecule has 4 nitrogen and oxygen atoms in total. The molecule has 2 heterocycles. The van der Waals surface area contributed by atoms with Gasteiger partial charge in [0.15, 0.2) is 0 Å². The Morgan fingerprint density at radius 1 is 1.39 bits per heavy atom. The third kappa shape index (κ3) is 3.89. The summed E-state index contributed by atoms with van der Waals surface area (Å²) in [5.74, 6) is -0.167. The predicted molar refractivity (Wildman–Crippen MR) is 94.2 cm³/mol. The minimum atomic E-state index is -0.354. The Hall–Kier alpha value is -1.92. The van der Waals surface area contributed by atoms with Crippen LogP contribution >= 0.6 is 22.7 Å². The number of rotatable bonds is 6. The summed E-state index contributed by atoms with van der Waals surface area (Å²) in [6.45, 7) is 2.10. The lowest BCUT2D eigenvalue weighted by Crippen LogP contribution is -2.13. The molecule has 1 saturated carbocycles. The molecule has 0 aromatic carbocycles. The normalized spacial score (nSPS) is 14.1. The summed E-state index contributed by atoms with van der Waals surface area (Å²) in [6.07, 6.45) is 5.43. The van der Waals surface area contributed by atoms with Crippen LogP contribution in [0.15, 0.2) is 29.0 Å². The number of thiophene rings is 2. The number of ether oxygens (including phenoxy) is 1. The SMILES string of the molecule is CCOC(=O)c1c(C2CC2)csc1NC(=O)/C=C/c1cccs1. The van der Waals surface area contributed by atoms with Gasteiger partial charge in [-0.2, -0.15) is 0 Å². The number of anilines is 1. The Morgan fingerprint density at radius 3 is 2.87 bits per heavy atom. The van der Waals surface area contributed by atoms with Gasteiger partial charge in [-0.15, -0.1) is 22.7 Å². The van der Waals surface area contributed by atoms with E-state index in [1.165, 1.54) is 17.4 Å². The molecule has 0 bridgehead atoms. The van der Waals surface area contributed by atoms with Crippen LogP contribution in [0, 0.1) is 0 Å². The molecular formula is C17H17NO3S2. The van der Waals surface area contributed by atoms with Gasteiger partial charge in [0.25, 0.3) is 0 Å². The standard InChI is InChI=1S/C17H17NO3S2/c1-2-21-17(20)15-13(11-5-6-11)10-23-16(15)18-14(19)8-7-12-4-3-9-22-12/h3-4,7-11H,2,5-6H2,1H3,(H,18,19)/b8-7+. The number of esters is 1. The van der Waals surface area contributed by atoms with Crippen molar-refractivity contribution in [3.8, 4) is 0 Å². The van der Waals surface area contributed by atoms with E-state index in [-0.39, 0.29) is 11.9 Å². The highest BCUT2D eigenvalue weighted by atomic mass is 32.1. The molecule has 0 unspecified atom stereocenters. The molecule has 6 heteroatoms. The number of carbonyl (C=O) groups is 2. The molecule has 0 aliphatic heterocycles. The molecule has 1 N–H and O–H groups in total. The lowest BCUT2D eigenvalue weighted by atomic mass is 10.1. The molecule has 1 fully saturated rings. The van der Waals surface area contributed by atoms with Gasteiger partial charge in [0.1, 0.15) is 5.00 Å². The van der Waals surface area contributed by atoms with Gasteiger partial charge in [-0.05, 0) is 54.1 Å². The first-order chi connectivity index (χ1) is 11.2. The van der Waals surface area contributed by atoms with Crippen molar-refractivity contribution in [2.75, 3.05) is 11.9 Å². The molecule has 1 aliphatic carbocycles. The van der Waals surface area contributed by atoms with Crippen LogP contribution < -0.4 is 5.32 Å². The first kappa shape index (κ1) is 16.0. The Morgan fingerprint density at radius 2 is 2.22 bits per heavy atom. The van der Waals surface area contributed by atoms with Crippen molar-refractivity contribution in [3.63, 3.8) is 0 Å². The van der Waals surface area contributed by atoms with Crippen molar-refractivity contribution in [3.05, 3.63) is 45.0 Å². The van der Waals surface area contributed by atoms with Gasteiger partial charge in [-0.1, -0.05) is 6.07 Å². The summed E-state index contributed by atoms with van der Waals surface area (Å²) in [5.41, 5.74) is 1.53. The van der Waals surface area contributed by atoms with Crippen molar-refractivity contribution < 1.29 is 14.3 Å². The first-order valence-corrected chi connectivity index (χ1v) is 9.26. The van der Waals surface area contributed by atoms with E-state index in [1.54, 1.807) is 24.3 Å². The van der Waals surface area contributed by atoms with Crippen LogP contribution in [0.5, 0.6) is 0 Å². The van der Waals surface area contributed by atoms with E-state index in [9.17, 15) is 9.59 Å². The zero-order valence-corrected chi connectivity index (χ0v) is 14.3. The zero-order chi connectivity index (χ0) is 16.2. The van der Waals surface area contributed by atoms with Gasteiger partial charge >= 0.3 is 5.97 Å². The summed E-state index contributed by atoms with van der Waals surface area (Å²) < 4.78 is 5.15. The molecule has 0 spiro atoms. The molecule has 120 valence electrons. The number of amides is 1. The third-order valence-electron chi connectivity index (χ3n) is 3.50. The van der Waals surface area contributed by atoms with E-state index in [4.69, 9.17) is 4.74 Å². The molecule has 23 heavy (non-hydrogen) atoms. The van der Waals surface area contributed by atoms with Crippen molar-refractivity contribution in [2.45, 2.75) is 25.7 Å². The fraction of sp³-hybridized carbons (Fsp3) is 0.294. The molecule has 1 amide bonds. The average molecular weight is 347 g/mol. The smallest absolute Gasteiger partial charge is 0.341 e. The van der Waals surface area contributed by atoms with Crippen LogP contribution in [0.1, 0.15) is 46.5 Å². The highest BCUT2D eigenvalue weighted by molar-refractivity contribution is 7.15. The minimum absolute atomic E-state index is 0.242. The number of nitrogens with one attached hydrogen (secondary N) is 1. The van der Waals surface area contributed by atoms with Gasteiger partial charge in [0.2, 0.25) is 5.91 Å². The van der Waals surface area contributed by atoms with Crippen LogP contribution in [0.2, 0.25) is 0 Å². The fourth-order valence-corrected chi connectivity index (χ4v) is 3.92. The Labute approximate surface area is 142 Å². The summed E-state index contributed by atoms with van der Waals surface area (Å²) in [5, 5.41) is 7.30. The van der Waals surface area contributed by atoms with Crippen LogP contribution in [0.25, 0.3) is 6.08 Å². The van der Waals surface area contributed by atoms with Crippen molar-refractivity contribution in [2.24, 2.45) is 0 Å². The van der Waals surface area contributed by atoms with Crippen molar-refractivity contribution >= 4 is 45.6 Å². The maximum atomic E-state index is 12.2. The van der Waals surface area contributed by atoms with Gasteiger partial charge in [-0.3, -0.25) is 4.79 Å². The summed E-state index contributed by atoms with van der Waals surface area (Å²) in [4.78, 5) is 25.3. The molecule has 3 rings (SSSR count). The Kier molecular flexibility index (Phi) is 4.93. The zero-order valence-electron chi connectivity index (χ0n) is 12.7. The highest BCUT2D eigenvalue weighted by Crippen LogP contribution is 2.46. The summed E-state index contributed by atoms with van der Waals surface area (Å²) in [6, 6.07) is 3.87. The molecule has 0 radical (unpaired) electrons. The van der Waals surface area contributed by atoms with Gasteiger partial charge in [-0.25, -0.2) is 4.79 Å². The van der Waals surface area contributed by atoms with E-state index in [0.29, 0.717) is 23.1 Å². The minimum Gasteiger partial charge on any atom is -0.462 e. The Bertz CT molecular complexity index is 727. The topological polar surface area (TPSA) is 55.4 Å². The Balaban J connectivity index is 1.76. The maximum absolute atomic E-state index is 12.2. The summed E-state index contributed by atoms with van der Waals surface area (Å²) >= 11 is 2.95. The number of carbonyl (C=O) groups excluding carboxylic acids is 2. The fourth-order valence-electron chi connectivity index (χ4n) is 2.27. The first-order valence-electron chi connectivity index (χ1n) is 7.50. The van der Waals surface area contributed by atoms with E-state index in [0.717, 1.165) is 23.3 Å². The van der Waals surface area contributed by atoms with Crippen molar-refractivity contribution in [1.82, 2.24) is 0 Å². The van der Waals surface area contributed by atoms with E-state index in [2.05, 4.69) is 5.32 Å². The number of hydrogen-bond donors (Lipinski definition) is 1. The van der Waals surface area contributed by atoms with E-state index in [1.807, 2.05) is 22.9 Å². The quantitative estimate of drug-likeness (QED) is 0.617. The second-order valence-electron chi connectivity index (χ2n) is 5.23. The molecular weight excluding hydrogens is 330 g/mol. The maximum Gasteiger partial charge on any atom is 0.341 e. The van der Waals surface area contributed by atoms with Crippen LogP contribution in [-0.2, 0) is 9.53 Å². The lowest BCUT2D eigenvalue weighted by molar-refractivity contribution is -0.111. The van der Waals surface area contributed by atoms with Crippen molar-refractivity contribution in [1.29, 1.82) is 0 Å².